The maximum Gasteiger partial charge on any atom is 0.321 e. The molecular formula is C14H19ClN2O3. The lowest BCUT2D eigenvalue weighted by Gasteiger charge is -2.34. The summed E-state index contributed by atoms with van der Waals surface area (Å²) in [6.07, 6.45) is 0.316. The van der Waals surface area contributed by atoms with Crippen LogP contribution in [-0.2, 0) is 0 Å². The lowest BCUT2D eigenvalue weighted by Crippen LogP contribution is -2.47. The number of ether oxygens (including phenoxy) is 1. The highest BCUT2D eigenvalue weighted by Gasteiger charge is 2.27. The number of rotatable bonds is 2. The van der Waals surface area contributed by atoms with E-state index in [0.29, 0.717) is 29.5 Å². The first-order valence-corrected chi connectivity index (χ1v) is 6.96. The van der Waals surface area contributed by atoms with Crippen LogP contribution in [0.25, 0.3) is 0 Å². The number of aliphatic hydroxyl groups is 1. The molecule has 0 radical (unpaired) electrons. The van der Waals surface area contributed by atoms with E-state index in [2.05, 4.69) is 5.32 Å². The van der Waals surface area contributed by atoms with Gasteiger partial charge in [0, 0.05) is 19.2 Å². The average molecular weight is 299 g/mol. The standard InChI is InChI=1S/C14H19ClN2O3/c1-9-5-6-17(8-13(9)18)14(19)16-12-7-10(20-2)3-4-11(12)15/h3-4,7,9,13,18H,5-6,8H2,1-2H3,(H,16,19). The van der Waals surface area contributed by atoms with Crippen LogP contribution in [-0.4, -0.2) is 42.3 Å². The fraction of sp³-hybridized carbons (Fsp3) is 0.500. The van der Waals surface area contributed by atoms with E-state index < -0.39 is 6.10 Å². The van der Waals surface area contributed by atoms with Crippen molar-refractivity contribution in [2.45, 2.75) is 19.4 Å². The van der Waals surface area contributed by atoms with E-state index in [1.165, 1.54) is 0 Å². The van der Waals surface area contributed by atoms with E-state index in [9.17, 15) is 9.90 Å². The number of piperidine rings is 1. The summed E-state index contributed by atoms with van der Waals surface area (Å²) in [6.45, 7) is 2.96. The van der Waals surface area contributed by atoms with E-state index >= 15 is 0 Å². The van der Waals surface area contributed by atoms with Crippen molar-refractivity contribution in [3.05, 3.63) is 23.2 Å². The second kappa shape index (κ2) is 6.33. The Morgan fingerprint density at radius 2 is 2.30 bits per heavy atom. The molecule has 2 N–H and O–H groups in total. The van der Waals surface area contributed by atoms with Crippen molar-refractivity contribution in [1.29, 1.82) is 0 Å². The molecule has 0 spiro atoms. The van der Waals surface area contributed by atoms with Crippen molar-refractivity contribution in [3.8, 4) is 5.75 Å². The molecule has 5 nitrogen and oxygen atoms in total. The Balaban J connectivity index is 2.04. The highest BCUT2D eigenvalue weighted by molar-refractivity contribution is 6.33. The maximum atomic E-state index is 12.2. The Morgan fingerprint density at radius 3 is 2.95 bits per heavy atom. The fourth-order valence-corrected chi connectivity index (χ4v) is 2.32. The zero-order valence-electron chi connectivity index (χ0n) is 11.6. The molecule has 6 heteroatoms. The minimum Gasteiger partial charge on any atom is -0.497 e. The molecule has 0 aromatic heterocycles. The minimum absolute atomic E-state index is 0.222. The molecule has 1 aromatic carbocycles. The lowest BCUT2D eigenvalue weighted by atomic mass is 9.96. The van der Waals surface area contributed by atoms with Crippen LogP contribution in [0.3, 0.4) is 0 Å². The molecule has 0 aliphatic carbocycles. The van der Waals surface area contributed by atoms with Crippen LogP contribution in [0.5, 0.6) is 5.75 Å². The molecule has 0 saturated carbocycles. The second-order valence-corrected chi connectivity index (χ2v) is 5.46. The van der Waals surface area contributed by atoms with E-state index in [1.54, 1.807) is 30.2 Å². The van der Waals surface area contributed by atoms with Crippen molar-refractivity contribution in [1.82, 2.24) is 4.90 Å². The summed E-state index contributed by atoms with van der Waals surface area (Å²) >= 11 is 6.05. The maximum absolute atomic E-state index is 12.2. The first kappa shape index (κ1) is 14.9. The molecule has 2 amide bonds. The highest BCUT2D eigenvalue weighted by Crippen LogP contribution is 2.27. The SMILES string of the molecule is COc1ccc(Cl)c(NC(=O)N2CCC(C)C(O)C2)c1. The van der Waals surface area contributed by atoms with E-state index in [-0.39, 0.29) is 11.9 Å². The third kappa shape index (κ3) is 3.35. The summed E-state index contributed by atoms with van der Waals surface area (Å²) in [5.41, 5.74) is 0.504. The van der Waals surface area contributed by atoms with Gasteiger partial charge in [0.15, 0.2) is 0 Å². The first-order valence-electron chi connectivity index (χ1n) is 6.58. The van der Waals surface area contributed by atoms with Gasteiger partial charge in [0.2, 0.25) is 0 Å². The van der Waals surface area contributed by atoms with Crippen molar-refractivity contribution < 1.29 is 14.6 Å². The normalized spacial score (nSPS) is 22.5. The largest absolute Gasteiger partial charge is 0.497 e. The van der Waals surface area contributed by atoms with Gasteiger partial charge in [-0.3, -0.25) is 0 Å². The van der Waals surface area contributed by atoms with Gasteiger partial charge < -0.3 is 20.1 Å². The fourth-order valence-electron chi connectivity index (χ4n) is 2.15. The summed E-state index contributed by atoms with van der Waals surface area (Å²) in [4.78, 5) is 13.8. The van der Waals surface area contributed by atoms with E-state index in [0.717, 1.165) is 6.42 Å². The number of nitrogens with zero attached hydrogens (tertiary/aromatic N) is 1. The number of hydrogen-bond donors (Lipinski definition) is 2. The Bertz CT molecular complexity index is 495. The van der Waals surface area contributed by atoms with Crippen LogP contribution in [0, 0.1) is 5.92 Å². The zero-order chi connectivity index (χ0) is 14.7. The Labute approximate surface area is 123 Å². The summed E-state index contributed by atoms with van der Waals surface area (Å²) < 4.78 is 5.10. The predicted octanol–water partition coefficient (Wildman–Crippen LogP) is 2.58. The minimum atomic E-state index is -0.477. The van der Waals surface area contributed by atoms with Gasteiger partial charge in [0.25, 0.3) is 0 Å². The third-order valence-electron chi connectivity index (χ3n) is 3.62. The van der Waals surface area contributed by atoms with Crippen LogP contribution < -0.4 is 10.1 Å². The first-order chi connectivity index (χ1) is 9.51. The van der Waals surface area contributed by atoms with Crippen LogP contribution in [0.4, 0.5) is 10.5 Å². The number of carbonyl (C=O) groups is 1. The van der Waals surface area contributed by atoms with Crippen LogP contribution >= 0.6 is 11.6 Å². The van der Waals surface area contributed by atoms with Gasteiger partial charge in [-0.2, -0.15) is 0 Å². The van der Waals surface area contributed by atoms with Gasteiger partial charge in [-0.1, -0.05) is 18.5 Å². The number of nitrogens with one attached hydrogen (secondary N) is 1. The molecule has 1 heterocycles. The van der Waals surface area contributed by atoms with Gasteiger partial charge in [0.05, 0.1) is 23.9 Å². The summed E-state index contributed by atoms with van der Waals surface area (Å²) in [6, 6.07) is 4.81. The quantitative estimate of drug-likeness (QED) is 0.882. The smallest absolute Gasteiger partial charge is 0.321 e. The molecule has 0 bridgehead atoms. The van der Waals surface area contributed by atoms with Gasteiger partial charge in [0.1, 0.15) is 5.75 Å². The average Bonchev–Trinajstić information content (AvgIpc) is 2.44. The predicted molar refractivity (Wildman–Crippen MR) is 78.4 cm³/mol. The Kier molecular flexibility index (Phi) is 4.73. The number of methoxy groups -OCH3 is 1. The van der Waals surface area contributed by atoms with Crippen molar-refractivity contribution >= 4 is 23.3 Å². The van der Waals surface area contributed by atoms with Gasteiger partial charge in [-0.05, 0) is 24.5 Å². The molecule has 1 aliphatic heterocycles. The van der Waals surface area contributed by atoms with Crippen molar-refractivity contribution in [2.75, 3.05) is 25.5 Å². The van der Waals surface area contributed by atoms with Gasteiger partial charge >= 0.3 is 6.03 Å². The van der Waals surface area contributed by atoms with Gasteiger partial charge in [-0.25, -0.2) is 4.79 Å². The molecule has 2 rings (SSSR count). The number of β-amino-alcohol motifs (C(OH)–C–C–N with tert-alkyl or cyclic N) is 1. The monoisotopic (exact) mass is 298 g/mol. The highest BCUT2D eigenvalue weighted by atomic mass is 35.5. The molecule has 20 heavy (non-hydrogen) atoms. The molecule has 1 fully saturated rings. The Morgan fingerprint density at radius 1 is 1.55 bits per heavy atom. The summed E-state index contributed by atoms with van der Waals surface area (Å²) in [5.74, 6) is 0.844. The van der Waals surface area contributed by atoms with Crippen molar-refractivity contribution in [2.24, 2.45) is 5.92 Å². The molecule has 1 aliphatic rings. The van der Waals surface area contributed by atoms with Crippen LogP contribution in [0.1, 0.15) is 13.3 Å². The van der Waals surface area contributed by atoms with Crippen LogP contribution in [0.2, 0.25) is 5.02 Å². The number of halogens is 1. The number of amides is 2. The molecule has 1 saturated heterocycles. The molecule has 110 valence electrons. The van der Waals surface area contributed by atoms with Crippen molar-refractivity contribution in [3.63, 3.8) is 0 Å². The number of urea groups is 1. The lowest BCUT2D eigenvalue weighted by molar-refractivity contribution is 0.0464. The number of benzene rings is 1. The number of likely N-dealkylation sites (tertiary alicyclic amines) is 1. The summed E-state index contributed by atoms with van der Waals surface area (Å²) in [5, 5.41) is 13.0. The molecule has 2 atom stereocenters. The summed E-state index contributed by atoms with van der Waals surface area (Å²) in [7, 11) is 1.55. The second-order valence-electron chi connectivity index (χ2n) is 5.06. The van der Waals surface area contributed by atoms with E-state index in [1.807, 2.05) is 6.92 Å². The Hall–Kier alpha value is -1.46. The zero-order valence-corrected chi connectivity index (χ0v) is 12.4. The number of carbonyl (C=O) groups excluding carboxylic acids is 1. The molecule has 2 unspecified atom stereocenters. The topological polar surface area (TPSA) is 61.8 Å². The molecule has 1 aromatic rings. The van der Waals surface area contributed by atoms with Gasteiger partial charge in [-0.15, -0.1) is 0 Å². The van der Waals surface area contributed by atoms with E-state index in [4.69, 9.17) is 16.3 Å². The number of hydrogen-bond acceptors (Lipinski definition) is 3. The molecular weight excluding hydrogens is 280 g/mol. The third-order valence-corrected chi connectivity index (χ3v) is 3.95. The van der Waals surface area contributed by atoms with Crippen LogP contribution in [0.15, 0.2) is 18.2 Å². The number of aliphatic hydroxyl groups excluding tert-OH is 1. The number of anilines is 1.